The van der Waals surface area contributed by atoms with E-state index < -0.39 is 0 Å². The van der Waals surface area contributed by atoms with Gasteiger partial charge in [-0.2, -0.15) is 4.98 Å². The zero-order valence-corrected chi connectivity index (χ0v) is 16.1. The lowest BCUT2D eigenvalue weighted by Crippen LogP contribution is -2.20. The van der Waals surface area contributed by atoms with E-state index in [0.29, 0.717) is 24.7 Å². The molecule has 0 bridgehead atoms. The van der Waals surface area contributed by atoms with Gasteiger partial charge >= 0.3 is 0 Å². The molecule has 6 nitrogen and oxygen atoms in total. The summed E-state index contributed by atoms with van der Waals surface area (Å²) in [6.45, 7) is 2.37. The molecular weight excluding hydrogens is 362 g/mol. The molecule has 7 heteroatoms. The maximum atomic E-state index is 11.4. The number of benzene rings is 1. The van der Waals surface area contributed by atoms with E-state index >= 15 is 0 Å². The lowest BCUT2D eigenvalue weighted by molar-refractivity contribution is -0.120. The molecule has 0 aliphatic heterocycles. The van der Waals surface area contributed by atoms with Gasteiger partial charge in [0.2, 0.25) is 17.6 Å². The van der Waals surface area contributed by atoms with Crippen molar-refractivity contribution in [2.75, 3.05) is 7.11 Å². The van der Waals surface area contributed by atoms with Gasteiger partial charge in [0, 0.05) is 11.3 Å². The van der Waals surface area contributed by atoms with Crippen LogP contribution in [0.25, 0.3) is 10.7 Å². The predicted octanol–water partition coefficient (Wildman–Crippen LogP) is 3.91. The summed E-state index contributed by atoms with van der Waals surface area (Å²) in [4.78, 5) is 18.1. The van der Waals surface area contributed by atoms with Crippen molar-refractivity contribution in [3.8, 4) is 16.5 Å². The van der Waals surface area contributed by atoms with Crippen molar-refractivity contribution in [3.63, 3.8) is 0 Å². The Kier molecular flexibility index (Phi) is 4.70. The summed E-state index contributed by atoms with van der Waals surface area (Å²) >= 11 is 1.57. The van der Waals surface area contributed by atoms with Gasteiger partial charge in [0.05, 0.1) is 23.9 Å². The molecule has 1 N–H and O–H groups in total. The summed E-state index contributed by atoms with van der Waals surface area (Å²) in [5, 5.41) is 7.07. The smallest absolute Gasteiger partial charge is 0.237 e. The third-order valence-corrected chi connectivity index (χ3v) is 5.97. The highest BCUT2D eigenvalue weighted by molar-refractivity contribution is 7.15. The molecule has 1 aliphatic rings. The number of methoxy groups -OCH3 is 1. The Morgan fingerprint density at radius 1 is 1.26 bits per heavy atom. The standard InChI is InChI=1S/C20H21N3O3S/c1-3-17(24)21-12-15-8-9-16(27-15)18-22-19(26-23-18)20(10-11-20)13-4-6-14(25-2)7-5-13/h4-9H,3,10-12H2,1-2H3,(H,21,24). The first-order chi connectivity index (χ1) is 13.1. The van der Waals surface area contributed by atoms with Crippen LogP contribution in [0.2, 0.25) is 0 Å². The van der Waals surface area contributed by atoms with Crippen molar-refractivity contribution in [3.05, 3.63) is 52.7 Å². The highest BCUT2D eigenvalue weighted by Gasteiger charge is 2.51. The highest BCUT2D eigenvalue weighted by atomic mass is 32.1. The molecule has 1 aliphatic carbocycles. The van der Waals surface area contributed by atoms with Crippen molar-refractivity contribution in [1.29, 1.82) is 0 Å². The number of hydrogen-bond acceptors (Lipinski definition) is 6. The minimum absolute atomic E-state index is 0.0435. The molecule has 0 radical (unpaired) electrons. The fraction of sp³-hybridized carbons (Fsp3) is 0.350. The number of carbonyl (C=O) groups excluding carboxylic acids is 1. The van der Waals surface area contributed by atoms with Gasteiger partial charge in [0.1, 0.15) is 5.75 Å². The second-order valence-corrected chi connectivity index (χ2v) is 7.80. The molecule has 0 saturated heterocycles. The second-order valence-electron chi connectivity index (χ2n) is 6.63. The van der Waals surface area contributed by atoms with Crippen molar-refractivity contribution in [1.82, 2.24) is 15.5 Å². The molecule has 1 saturated carbocycles. The zero-order chi connectivity index (χ0) is 18.9. The number of rotatable bonds is 7. The number of nitrogens with one attached hydrogen (secondary N) is 1. The average molecular weight is 383 g/mol. The number of hydrogen-bond donors (Lipinski definition) is 1. The van der Waals surface area contributed by atoms with Crippen LogP contribution in [0.15, 0.2) is 40.9 Å². The number of ether oxygens (including phenoxy) is 1. The first kappa shape index (κ1) is 17.7. The van der Waals surface area contributed by atoms with Crippen LogP contribution in [0.4, 0.5) is 0 Å². The first-order valence-electron chi connectivity index (χ1n) is 8.99. The van der Waals surface area contributed by atoms with E-state index in [1.165, 1.54) is 5.56 Å². The zero-order valence-electron chi connectivity index (χ0n) is 15.3. The van der Waals surface area contributed by atoms with E-state index in [4.69, 9.17) is 9.26 Å². The maximum Gasteiger partial charge on any atom is 0.237 e. The topological polar surface area (TPSA) is 77.2 Å². The third kappa shape index (κ3) is 3.47. The molecule has 1 amide bonds. The van der Waals surface area contributed by atoms with Gasteiger partial charge in [0.15, 0.2) is 0 Å². The third-order valence-electron chi connectivity index (χ3n) is 4.89. The quantitative estimate of drug-likeness (QED) is 0.669. The molecule has 2 heterocycles. The van der Waals surface area contributed by atoms with Crippen LogP contribution in [0.1, 0.15) is 42.5 Å². The Morgan fingerprint density at radius 2 is 2.04 bits per heavy atom. The fourth-order valence-electron chi connectivity index (χ4n) is 3.08. The molecule has 0 atom stereocenters. The van der Waals surface area contributed by atoms with Gasteiger partial charge in [-0.05, 0) is 42.7 Å². The van der Waals surface area contributed by atoms with Gasteiger partial charge in [-0.1, -0.05) is 24.2 Å². The van der Waals surface area contributed by atoms with E-state index in [0.717, 1.165) is 28.3 Å². The molecule has 1 aromatic carbocycles. The fourth-order valence-corrected chi connectivity index (χ4v) is 3.96. The van der Waals surface area contributed by atoms with Crippen LogP contribution < -0.4 is 10.1 Å². The van der Waals surface area contributed by atoms with Crippen LogP contribution in [-0.4, -0.2) is 23.2 Å². The molecule has 4 rings (SSSR count). The molecule has 140 valence electrons. The Balaban J connectivity index is 1.51. The summed E-state index contributed by atoms with van der Waals surface area (Å²) in [6, 6.07) is 12.0. The first-order valence-corrected chi connectivity index (χ1v) is 9.81. The van der Waals surface area contributed by atoms with Crippen LogP contribution in [0.3, 0.4) is 0 Å². The van der Waals surface area contributed by atoms with E-state index in [-0.39, 0.29) is 11.3 Å². The minimum Gasteiger partial charge on any atom is -0.497 e. The summed E-state index contributed by atoms with van der Waals surface area (Å²) in [6.07, 6.45) is 2.49. The number of carbonyl (C=O) groups is 1. The largest absolute Gasteiger partial charge is 0.497 e. The number of thiophene rings is 1. The molecule has 0 spiro atoms. The highest BCUT2D eigenvalue weighted by Crippen LogP contribution is 2.53. The van der Waals surface area contributed by atoms with E-state index in [1.807, 2.05) is 31.2 Å². The van der Waals surface area contributed by atoms with Crippen molar-refractivity contribution in [2.45, 2.75) is 38.1 Å². The summed E-state index contributed by atoms with van der Waals surface area (Å²) in [7, 11) is 1.66. The van der Waals surface area contributed by atoms with Gasteiger partial charge in [-0.25, -0.2) is 0 Å². The van der Waals surface area contributed by atoms with Gasteiger partial charge in [-0.3, -0.25) is 4.79 Å². The Morgan fingerprint density at radius 3 is 2.70 bits per heavy atom. The number of nitrogens with zero attached hydrogens (tertiary/aromatic N) is 2. The molecular formula is C20H21N3O3S. The Bertz CT molecular complexity index is 942. The van der Waals surface area contributed by atoms with Gasteiger partial charge in [-0.15, -0.1) is 11.3 Å². The Hall–Kier alpha value is -2.67. The molecule has 2 aromatic heterocycles. The van der Waals surface area contributed by atoms with E-state index in [9.17, 15) is 4.79 Å². The van der Waals surface area contributed by atoms with Crippen molar-refractivity contribution >= 4 is 17.2 Å². The van der Waals surface area contributed by atoms with Crippen molar-refractivity contribution in [2.24, 2.45) is 0 Å². The maximum absolute atomic E-state index is 11.4. The van der Waals surface area contributed by atoms with Crippen LogP contribution >= 0.6 is 11.3 Å². The molecule has 3 aromatic rings. The van der Waals surface area contributed by atoms with Crippen LogP contribution in [0, 0.1) is 0 Å². The number of aromatic nitrogens is 2. The van der Waals surface area contributed by atoms with Crippen molar-refractivity contribution < 1.29 is 14.1 Å². The summed E-state index contributed by atoms with van der Waals surface area (Å²) in [5.41, 5.74) is 1.000. The summed E-state index contributed by atoms with van der Waals surface area (Å²) in [5.74, 6) is 2.14. The van der Waals surface area contributed by atoms with Gasteiger partial charge in [0.25, 0.3) is 0 Å². The lowest BCUT2D eigenvalue weighted by Gasteiger charge is -2.11. The second kappa shape index (κ2) is 7.15. The Labute approximate surface area is 161 Å². The predicted molar refractivity (Wildman–Crippen MR) is 103 cm³/mol. The van der Waals surface area contributed by atoms with E-state index in [1.54, 1.807) is 18.4 Å². The molecule has 1 fully saturated rings. The van der Waals surface area contributed by atoms with Crippen LogP contribution in [0.5, 0.6) is 5.75 Å². The summed E-state index contributed by atoms with van der Waals surface area (Å²) < 4.78 is 10.9. The molecule has 27 heavy (non-hydrogen) atoms. The average Bonchev–Trinajstić information content (AvgIpc) is 3.14. The molecule has 0 unspecified atom stereocenters. The normalized spacial score (nSPS) is 14.7. The van der Waals surface area contributed by atoms with E-state index in [2.05, 4.69) is 27.6 Å². The minimum atomic E-state index is -0.174. The monoisotopic (exact) mass is 383 g/mol. The van der Waals surface area contributed by atoms with Crippen LogP contribution in [-0.2, 0) is 16.8 Å². The number of amides is 1. The van der Waals surface area contributed by atoms with Gasteiger partial charge < -0.3 is 14.6 Å². The SMILES string of the molecule is CCC(=O)NCc1ccc(-c2noc(C3(c4ccc(OC)cc4)CC3)n2)s1. The lowest BCUT2D eigenvalue weighted by atomic mass is 9.96.